The van der Waals surface area contributed by atoms with Gasteiger partial charge in [0.2, 0.25) is 0 Å². The Balaban J connectivity index is 2.79. The summed E-state index contributed by atoms with van der Waals surface area (Å²) in [4.78, 5) is 0. The molecule has 0 spiro atoms. The molecule has 0 amide bonds. The van der Waals surface area contributed by atoms with E-state index in [4.69, 9.17) is 21.1 Å². The van der Waals surface area contributed by atoms with Gasteiger partial charge in [0, 0.05) is 32.4 Å². The molecule has 1 unspecified atom stereocenters. The highest BCUT2D eigenvalue weighted by molar-refractivity contribution is 6.18. The van der Waals surface area contributed by atoms with Crippen LogP contribution in [0.25, 0.3) is 0 Å². The third-order valence-electron chi connectivity index (χ3n) is 2.44. The molecular formula is C15H18ClFO2. The normalized spacial score (nSPS) is 11.6. The van der Waals surface area contributed by atoms with Crippen LogP contribution in [0.2, 0.25) is 0 Å². The molecular weight excluding hydrogens is 267 g/mol. The van der Waals surface area contributed by atoms with Gasteiger partial charge in [-0.3, -0.25) is 0 Å². The van der Waals surface area contributed by atoms with Crippen molar-refractivity contribution in [3.05, 3.63) is 29.6 Å². The van der Waals surface area contributed by atoms with Crippen molar-refractivity contribution in [1.29, 1.82) is 0 Å². The molecule has 1 aromatic rings. The van der Waals surface area contributed by atoms with Crippen LogP contribution >= 0.6 is 11.6 Å². The molecule has 0 heterocycles. The van der Waals surface area contributed by atoms with Gasteiger partial charge in [-0.2, -0.15) is 0 Å². The number of alkyl halides is 1. The van der Waals surface area contributed by atoms with Crippen molar-refractivity contribution in [1.82, 2.24) is 0 Å². The van der Waals surface area contributed by atoms with Crippen LogP contribution in [0.3, 0.4) is 0 Å². The van der Waals surface area contributed by atoms with E-state index >= 15 is 0 Å². The van der Waals surface area contributed by atoms with Crippen molar-refractivity contribution >= 4 is 11.6 Å². The van der Waals surface area contributed by atoms with Crippen LogP contribution in [0, 0.1) is 17.7 Å². The summed E-state index contributed by atoms with van der Waals surface area (Å²) in [6, 6.07) is 4.34. The maximum atomic E-state index is 13.2. The van der Waals surface area contributed by atoms with Crippen LogP contribution in [0.1, 0.15) is 25.3 Å². The lowest BCUT2D eigenvalue weighted by molar-refractivity contribution is 0.135. The minimum absolute atomic E-state index is 0.0148. The van der Waals surface area contributed by atoms with Crippen LogP contribution < -0.4 is 4.74 Å². The molecule has 0 fully saturated rings. The van der Waals surface area contributed by atoms with Crippen molar-refractivity contribution in [3.63, 3.8) is 0 Å². The predicted octanol–water partition coefficient (Wildman–Crippen LogP) is 3.61. The second-order valence-electron chi connectivity index (χ2n) is 4.09. The zero-order valence-electron chi connectivity index (χ0n) is 11.2. The Morgan fingerprint density at radius 2 is 2.21 bits per heavy atom. The highest BCUT2D eigenvalue weighted by Crippen LogP contribution is 2.20. The largest absolute Gasteiger partial charge is 0.489 e. The number of ether oxygens (including phenoxy) is 2. The predicted molar refractivity (Wildman–Crippen MR) is 75.2 cm³/mol. The first-order valence-electron chi connectivity index (χ1n) is 6.17. The van der Waals surface area contributed by atoms with Gasteiger partial charge in [-0.15, -0.1) is 11.6 Å². The van der Waals surface area contributed by atoms with Gasteiger partial charge in [-0.25, -0.2) is 4.39 Å². The molecule has 0 aliphatic heterocycles. The van der Waals surface area contributed by atoms with Crippen molar-refractivity contribution in [3.8, 4) is 17.6 Å². The standard InChI is InChI=1S/C15H18ClFO2/c1-12(8-10-18-2)19-15-7-6-14(17)11-13(15)5-3-4-9-16/h6-7,11-12H,4,8-10H2,1-2H3. The van der Waals surface area contributed by atoms with Crippen molar-refractivity contribution in [2.45, 2.75) is 25.9 Å². The summed E-state index contributed by atoms with van der Waals surface area (Å²) >= 11 is 5.56. The summed E-state index contributed by atoms with van der Waals surface area (Å²) in [7, 11) is 1.65. The monoisotopic (exact) mass is 284 g/mol. The number of halogens is 2. The van der Waals surface area contributed by atoms with Crippen LogP contribution in [0.5, 0.6) is 5.75 Å². The number of hydrogen-bond donors (Lipinski definition) is 0. The molecule has 1 rings (SSSR count). The molecule has 0 bridgehead atoms. The first-order valence-corrected chi connectivity index (χ1v) is 6.70. The molecule has 4 heteroatoms. The van der Waals surface area contributed by atoms with Gasteiger partial charge >= 0.3 is 0 Å². The van der Waals surface area contributed by atoms with Gasteiger partial charge in [-0.1, -0.05) is 11.8 Å². The van der Waals surface area contributed by atoms with E-state index in [-0.39, 0.29) is 11.9 Å². The van der Waals surface area contributed by atoms with Crippen LogP contribution in [-0.2, 0) is 4.74 Å². The SMILES string of the molecule is COCCC(C)Oc1ccc(F)cc1C#CCCCl. The molecule has 0 N–H and O–H groups in total. The van der Waals surface area contributed by atoms with Gasteiger partial charge in [0.25, 0.3) is 0 Å². The van der Waals surface area contributed by atoms with E-state index in [0.29, 0.717) is 30.2 Å². The van der Waals surface area contributed by atoms with Crippen molar-refractivity contribution < 1.29 is 13.9 Å². The first-order chi connectivity index (χ1) is 9.17. The minimum atomic E-state index is -0.327. The Kier molecular flexibility index (Phi) is 7.32. The second-order valence-corrected chi connectivity index (χ2v) is 4.47. The average molecular weight is 285 g/mol. The summed E-state index contributed by atoms with van der Waals surface area (Å²) < 4.78 is 24.0. The third-order valence-corrected chi connectivity index (χ3v) is 2.63. The zero-order chi connectivity index (χ0) is 14.1. The molecule has 0 aromatic heterocycles. The maximum Gasteiger partial charge on any atom is 0.135 e. The minimum Gasteiger partial charge on any atom is -0.489 e. The van der Waals surface area contributed by atoms with Crippen LogP contribution in [-0.4, -0.2) is 25.7 Å². The van der Waals surface area contributed by atoms with Crippen molar-refractivity contribution in [2.24, 2.45) is 0 Å². The molecule has 0 aliphatic rings. The highest BCUT2D eigenvalue weighted by Gasteiger charge is 2.08. The summed E-state index contributed by atoms with van der Waals surface area (Å²) in [5.41, 5.74) is 0.550. The van der Waals surface area contributed by atoms with Crippen molar-refractivity contribution in [2.75, 3.05) is 19.6 Å². The Labute approximate surface area is 118 Å². The quantitative estimate of drug-likeness (QED) is 0.587. The van der Waals surface area contributed by atoms with E-state index < -0.39 is 0 Å². The Morgan fingerprint density at radius 1 is 1.42 bits per heavy atom. The molecule has 0 saturated carbocycles. The fourth-order valence-corrected chi connectivity index (χ4v) is 1.56. The lowest BCUT2D eigenvalue weighted by atomic mass is 10.2. The van der Waals surface area contributed by atoms with E-state index in [0.717, 1.165) is 6.42 Å². The first kappa shape index (κ1) is 15.8. The fraction of sp³-hybridized carbons (Fsp3) is 0.467. The lowest BCUT2D eigenvalue weighted by Gasteiger charge is -2.15. The third kappa shape index (κ3) is 5.96. The molecule has 1 aromatic carbocycles. The summed E-state index contributed by atoms with van der Waals surface area (Å²) in [6.45, 7) is 2.56. The average Bonchev–Trinajstić information content (AvgIpc) is 2.39. The number of benzene rings is 1. The molecule has 19 heavy (non-hydrogen) atoms. The summed E-state index contributed by atoms with van der Waals surface area (Å²) in [5.74, 6) is 6.49. The van der Waals surface area contributed by atoms with Gasteiger partial charge in [0.15, 0.2) is 0 Å². The molecule has 2 nitrogen and oxygen atoms in total. The smallest absolute Gasteiger partial charge is 0.135 e. The Bertz CT molecular complexity index is 451. The Morgan fingerprint density at radius 3 is 2.89 bits per heavy atom. The molecule has 0 aliphatic carbocycles. The van der Waals surface area contributed by atoms with Gasteiger partial charge < -0.3 is 9.47 Å². The molecule has 104 valence electrons. The van der Waals surface area contributed by atoms with E-state index in [9.17, 15) is 4.39 Å². The van der Waals surface area contributed by atoms with Gasteiger partial charge in [0.05, 0.1) is 11.7 Å². The van der Waals surface area contributed by atoms with Crippen LogP contribution in [0.4, 0.5) is 4.39 Å². The molecule has 1 atom stereocenters. The van der Waals surface area contributed by atoms with E-state index in [1.54, 1.807) is 13.2 Å². The lowest BCUT2D eigenvalue weighted by Crippen LogP contribution is -2.14. The van der Waals surface area contributed by atoms with Gasteiger partial charge in [-0.05, 0) is 25.1 Å². The second kappa shape index (κ2) is 8.79. The van der Waals surface area contributed by atoms with Gasteiger partial charge in [0.1, 0.15) is 11.6 Å². The summed E-state index contributed by atoms with van der Waals surface area (Å²) in [6.07, 6.45) is 1.32. The highest BCUT2D eigenvalue weighted by atomic mass is 35.5. The Hall–Kier alpha value is -1.24. The number of hydrogen-bond acceptors (Lipinski definition) is 2. The molecule has 0 saturated heterocycles. The summed E-state index contributed by atoms with van der Waals surface area (Å²) in [5, 5.41) is 0. The van der Waals surface area contributed by atoms with E-state index in [1.807, 2.05) is 6.92 Å². The van der Waals surface area contributed by atoms with E-state index in [2.05, 4.69) is 11.8 Å². The number of rotatable bonds is 6. The topological polar surface area (TPSA) is 18.5 Å². The maximum absolute atomic E-state index is 13.2. The zero-order valence-corrected chi connectivity index (χ0v) is 12.0. The number of methoxy groups -OCH3 is 1. The van der Waals surface area contributed by atoms with E-state index in [1.165, 1.54) is 12.1 Å². The van der Waals surface area contributed by atoms with Crippen LogP contribution in [0.15, 0.2) is 18.2 Å². The molecule has 0 radical (unpaired) electrons. The fourth-order valence-electron chi connectivity index (χ4n) is 1.47.